The van der Waals surface area contributed by atoms with Gasteiger partial charge >= 0.3 is 5.97 Å². The average Bonchev–Trinajstić information content (AvgIpc) is 2.78. The van der Waals surface area contributed by atoms with Crippen LogP contribution in [0.4, 0.5) is 0 Å². The lowest BCUT2D eigenvalue weighted by atomic mass is 9.89. The standard InChI is InChI=1S/C17H22N2O3S/c1-10-5-4-6-13(7-10)22-14(20)8-19-9-18-16-15(17(19)21)11(2)12(3)23-16/h9-10,13H,4-8H2,1-3H3/t10-,13-/m0/s1. The van der Waals surface area contributed by atoms with E-state index < -0.39 is 0 Å². The van der Waals surface area contributed by atoms with Crippen molar-refractivity contribution in [1.82, 2.24) is 9.55 Å². The summed E-state index contributed by atoms with van der Waals surface area (Å²) in [5, 5.41) is 0.620. The van der Waals surface area contributed by atoms with Gasteiger partial charge < -0.3 is 4.74 Å². The lowest BCUT2D eigenvalue weighted by molar-refractivity contribution is -0.152. The summed E-state index contributed by atoms with van der Waals surface area (Å²) in [6, 6.07) is 0. The second-order valence-corrected chi connectivity index (χ2v) is 7.73. The number of esters is 1. The highest BCUT2D eigenvalue weighted by molar-refractivity contribution is 7.18. The Morgan fingerprint density at radius 1 is 1.43 bits per heavy atom. The molecule has 2 heterocycles. The molecule has 0 spiro atoms. The summed E-state index contributed by atoms with van der Waals surface area (Å²) in [5.41, 5.74) is 0.789. The quantitative estimate of drug-likeness (QED) is 0.809. The molecule has 5 nitrogen and oxygen atoms in total. The maximum Gasteiger partial charge on any atom is 0.326 e. The van der Waals surface area contributed by atoms with E-state index >= 15 is 0 Å². The molecule has 1 aliphatic carbocycles. The van der Waals surface area contributed by atoms with Crippen LogP contribution in [0.1, 0.15) is 43.0 Å². The third-order valence-corrected chi connectivity index (χ3v) is 5.76. The fourth-order valence-corrected chi connectivity index (χ4v) is 4.22. The molecule has 3 rings (SSSR count). The van der Waals surface area contributed by atoms with Crippen molar-refractivity contribution < 1.29 is 9.53 Å². The molecular formula is C17H22N2O3S. The van der Waals surface area contributed by atoms with Gasteiger partial charge in [0, 0.05) is 4.88 Å². The van der Waals surface area contributed by atoms with E-state index in [1.54, 1.807) is 0 Å². The number of nitrogens with zero attached hydrogens (tertiary/aromatic N) is 2. The summed E-state index contributed by atoms with van der Waals surface area (Å²) in [6.07, 6.45) is 5.57. The van der Waals surface area contributed by atoms with Gasteiger partial charge in [0.15, 0.2) is 0 Å². The monoisotopic (exact) mass is 334 g/mol. The highest BCUT2D eigenvalue weighted by Gasteiger charge is 2.22. The van der Waals surface area contributed by atoms with Crippen molar-refractivity contribution in [2.45, 2.75) is 59.1 Å². The van der Waals surface area contributed by atoms with E-state index in [1.807, 2.05) is 13.8 Å². The molecule has 1 fully saturated rings. The van der Waals surface area contributed by atoms with Gasteiger partial charge in [-0.1, -0.05) is 13.3 Å². The van der Waals surface area contributed by atoms with E-state index in [0.29, 0.717) is 11.3 Å². The molecule has 0 N–H and O–H groups in total. The fraction of sp³-hybridized carbons (Fsp3) is 0.588. The number of thiophene rings is 1. The first-order chi connectivity index (χ1) is 11.0. The third-order valence-electron chi connectivity index (χ3n) is 4.64. The van der Waals surface area contributed by atoms with Crippen molar-refractivity contribution in [1.29, 1.82) is 0 Å². The van der Waals surface area contributed by atoms with Crippen LogP contribution >= 0.6 is 11.3 Å². The minimum absolute atomic E-state index is 0.0104. The number of fused-ring (bicyclic) bond motifs is 1. The summed E-state index contributed by atoms with van der Waals surface area (Å²) in [4.78, 5) is 30.8. The van der Waals surface area contributed by atoms with Crippen LogP contribution in [0.3, 0.4) is 0 Å². The van der Waals surface area contributed by atoms with E-state index in [-0.39, 0.29) is 24.2 Å². The fourth-order valence-electron chi connectivity index (χ4n) is 3.23. The zero-order valence-corrected chi connectivity index (χ0v) is 14.6. The Morgan fingerprint density at radius 2 is 2.22 bits per heavy atom. The van der Waals surface area contributed by atoms with Crippen LogP contribution in [0.15, 0.2) is 11.1 Å². The molecule has 2 atom stereocenters. The van der Waals surface area contributed by atoms with Gasteiger partial charge in [-0.15, -0.1) is 11.3 Å². The molecule has 0 radical (unpaired) electrons. The van der Waals surface area contributed by atoms with E-state index in [1.165, 1.54) is 28.7 Å². The van der Waals surface area contributed by atoms with E-state index in [9.17, 15) is 9.59 Å². The first-order valence-corrected chi connectivity index (χ1v) is 8.92. The number of carbonyl (C=O) groups excluding carboxylic acids is 1. The normalized spacial score (nSPS) is 21.5. The van der Waals surface area contributed by atoms with Crippen LogP contribution in [0.2, 0.25) is 0 Å². The second-order valence-electron chi connectivity index (χ2n) is 6.52. The maximum absolute atomic E-state index is 12.6. The van der Waals surface area contributed by atoms with Gasteiger partial charge in [-0.05, 0) is 44.6 Å². The first-order valence-electron chi connectivity index (χ1n) is 8.10. The molecule has 0 amide bonds. The zero-order valence-electron chi connectivity index (χ0n) is 13.8. The number of aryl methyl sites for hydroxylation is 2. The Labute approximate surface area is 139 Å². The van der Waals surface area contributed by atoms with Gasteiger partial charge in [-0.25, -0.2) is 4.98 Å². The van der Waals surface area contributed by atoms with Crippen LogP contribution in [0, 0.1) is 19.8 Å². The first kappa shape index (κ1) is 16.2. The van der Waals surface area contributed by atoms with Crippen molar-refractivity contribution in [3.63, 3.8) is 0 Å². The molecule has 2 aromatic rings. The van der Waals surface area contributed by atoms with E-state index in [2.05, 4.69) is 11.9 Å². The van der Waals surface area contributed by atoms with Gasteiger partial charge in [0.25, 0.3) is 5.56 Å². The topological polar surface area (TPSA) is 61.2 Å². The molecule has 6 heteroatoms. The maximum atomic E-state index is 12.6. The predicted octanol–water partition coefficient (Wildman–Crippen LogP) is 3.20. The van der Waals surface area contributed by atoms with Crippen LogP contribution in [0.25, 0.3) is 10.2 Å². The molecule has 2 aromatic heterocycles. The summed E-state index contributed by atoms with van der Waals surface area (Å²) < 4.78 is 6.90. The second kappa shape index (κ2) is 6.43. The highest BCUT2D eigenvalue weighted by atomic mass is 32.1. The molecule has 0 aromatic carbocycles. The Kier molecular flexibility index (Phi) is 4.53. The van der Waals surface area contributed by atoms with Crippen LogP contribution in [0.5, 0.6) is 0 Å². The van der Waals surface area contributed by atoms with Gasteiger partial charge in [0.05, 0.1) is 11.7 Å². The molecule has 1 aliphatic rings. The predicted molar refractivity (Wildman–Crippen MR) is 90.9 cm³/mol. The Morgan fingerprint density at radius 3 is 2.96 bits per heavy atom. The number of ether oxygens (including phenoxy) is 1. The van der Waals surface area contributed by atoms with Crippen molar-refractivity contribution in [2.75, 3.05) is 0 Å². The minimum atomic E-state index is -0.350. The van der Waals surface area contributed by atoms with Gasteiger partial charge in [0.2, 0.25) is 0 Å². The van der Waals surface area contributed by atoms with Crippen LogP contribution in [-0.4, -0.2) is 21.6 Å². The lowest BCUT2D eigenvalue weighted by Gasteiger charge is -2.26. The van der Waals surface area contributed by atoms with Crippen molar-refractivity contribution in [3.05, 3.63) is 27.1 Å². The minimum Gasteiger partial charge on any atom is -0.461 e. The number of carbonyl (C=O) groups is 1. The van der Waals surface area contributed by atoms with Gasteiger partial charge in [-0.2, -0.15) is 0 Å². The summed E-state index contributed by atoms with van der Waals surface area (Å²) >= 11 is 1.51. The number of rotatable bonds is 3. The van der Waals surface area contributed by atoms with Crippen molar-refractivity contribution >= 4 is 27.5 Å². The van der Waals surface area contributed by atoms with E-state index in [0.717, 1.165) is 34.5 Å². The average molecular weight is 334 g/mol. The molecular weight excluding hydrogens is 312 g/mol. The lowest BCUT2D eigenvalue weighted by Crippen LogP contribution is -2.30. The highest BCUT2D eigenvalue weighted by Crippen LogP contribution is 2.26. The molecule has 124 valence electrons. The summed E-state index contributed by atoms with van der Waals surface area (Å²) in [6.45, 7) is 6.01. The van der Waals surface area contributed by atoms with Crippen LogP contribution < -0.4 is 5.56 Å². The van der Waals surface area contributed by atoms with Crippen LogP contribution in [-0.2, 0) is 16.1 Å². The van der Waals surface area contributed by atoms with Gasteiger partial charge in [-0.3, -0.25) is 14.2 Å². The van der Waals surface area contributed by atoms with Crippen molar-refractivity contribution in [3.8, 4) is 0 Å². The molecule has 0 bridgehead atoms. The Balaban J connectivity index is 1.76. The Bertz CT molecular complexity index is 793. The zero-order chi connectivity index (χ0) is 16.6. The third kappa shape index (κ3) is 3.32. The molecule has 0 saturated heterocycles. The summed E-state index contributed by atoms with van der Waals surface area (Å²) in [5.74, 6) is 0.246. The molecule has 1 saturated carbocycles. The molecule has 0 unspecified atom stereocenters. The van der Waals surface area contributed by atoms with Gasteiger partial charge in [0.1, 0.15) is 17.5 Å². The largest absolute Gasteiger partial charge is 0.461 e. The smallest absolute Gasteiger partial charge is 0.326 e. The van der Waals surface area contributed by atoms with Crippen molar-refractivity contribution in [2.24, 2.45) is 5.92 Å². The summed E-state index contributed by atoms with van der Waals surface area (Å²) in [7, 11) is 0. The number of aromatic nitrogens is 2. The van der Waals surface area contributed by atoms with E-state index in [4.69, 9.17) is 4.74 Å². The number of hydrogen-bond acceptors (Lipinski definition) is 5. The molecule has 0 aliphatic heterocycles. The number of hydrogen-bond donors (Lipinski definition) is 0. The Hall–Kier alpha value is -1.69. The SMILES string of the molecule is Cc1sc2ncn(CC(=O)O[C@H]3CCC[C@H](C)C3)c(=O)c2c1C. The molecule has 23 heavy (non-hydrogen) atoms.